The predicted molar refractivity (Wildman–Crippen MR) is 35.5 cm³/mol. The second kappa shape index (κ2) is 152. The first kappa shape index (κ1) is 214. The smallest absolute Gasteiger partial charge is 0.291 e. The maximum Gasteiger partial charge on any atom is 0.291 e. The van der Waals surface area contributed by atoms with Crippen LogP contribution in [0.5, 0.6) is 0 Å². The molecule has 0 fully saturated rings. The van der Waals surface area contributed by atoms with E-state index in [1.54, 1.807) is 0 Å². The summed E-state index contributed by atoms with van der Waals surface area (Å²) in [4.78, 5) is 8.36. The fourth-order valence-corrected chi connectivity index (χ4v) is 0. The molecule has 0 heterocycles. The van der Waals surface area contributed by atoms with Crippen LogP contribution in [-0.4, -0.2) is 43.2 Å². The van der Waals surface area contributed by atoms with Gasteiger partial charge < -0.3 is 44.2 Å². The van der Waals surface area contributed by atoms with Crippen LogP contribution in [-0.2, 0) is 0 Å². The summed E-state index contributed by atoms with van der Waals surface area (Å²) in [6, 6.07) is 0. The van der Waals surface area contributed by atoms with Gasteiger partial charge in [0.15, 0.2) is 0 Å². The lowest BCUT2D eigenvalue weighted by atomic mass is 13.1. The topological polar surface area (TPSA) is 287 Å². The van der Waals surface area contributed by atoms with Gasteiger partial charge in [-0.2, -0.15) is 0 Å². The van der Waals surface area contributed by atoms with Gasteiger partial charge in [0.1, 0.15) is 0 Å². The second-order valence-electron chi connectivity index (χ2n) is 0.238. The quantitative estimate of drug-likeness (QED) is 0.278. The Morgan fingerprint density at radius 3 is 0.909 bits per heavy atom. The van der Waals surface area contributed by atoms with E-state index in [9.17, 15) is 0 Å². The highest BCUT2D eigenvalue weighted by Crippen LogP contribution is 1.38. The van der Waals surface area contributed by atoms with Crippen molar-refractivity contribution in [3.63, 3.8) is 0 Å². The molecule has 16 N–H and O–H groups in total. The third-order valence-corrected chi connectivity index (χ3v) is 0. The van der Waals surface area contributed by atoms with E-state index in [0.29, 0.717) is 0 Å². The minimum Gasteiger partial charge on any atom is -0.412 e. The van der Waals surface area contributed by atoms with Crippen LogP contribution in [0.15, 0.2) is 0 Å². The van der Waals surface area contributed by atoms with E-state index >= 15 is 0 Å². The molecule has 0 saturated heterocycles. The van der Waals surface area contributed by atoms with Crippen molar-refractivity contribution in [2.45, 2.75) is 0 Å². The van der Waals surface area contributed by atoms with E-state index in [2.05, 4.69) is 0 Å². The molecule has 0 aromatic heterocycles. The van der Waals surface area contributed by atoms with Crippen LogP contribution in [0.1, 0.15) is 0 Å². The standard InChI is InChI=1S/HNO3.H3N.6H2O/c2-1(3)4;;;;;;;/h(H,2,3,4);1H3;6*1H2. The highest BCUT2D eigenvalue weighted by Gasteiger charge is 1.65. The van der Waals surface area contributed by atoms with Gasteiger partial charge in [-0.15, -0.1) is 10.1 Å². The van der Waals surface area contributed by atoms with Crippen LogP contribution in [0.4, 0.5) is 0 Å². The highest BCUT2D eigenvalue weighted by molar-refractivity contribution is 3.83. The molecular formula is H16N2O9. The SMILES string of the molecule is N.O.O.O.O.O.O.O=[N+]([O-])O. The van der Waals surface area contributed by atoms with E-state index < -0.39 is 5.09 Å². The highest BCUT2D eigenvalue weighted by atomic mass is 16.9. The fourth-order valence-electron chi connectivity index (χ4n) is 0. The van der Waals surface area contributed by atoms with E-state index in [1.165, 1.54) is 0 Å². The molecule has 0 radical (unpaired) electrons. The zero-order valence-electron chi connectivity index (χ0n) is 5.42. The van der Waals surface area contributed by atoms with Gasteiger partial charge in [-0.05, 0) is 0 Å². The monoisotopic (exact) mass is 188 g/mol. The molecule has 11 heteroatoms. The van der Waals surface area contributed by atoms with Gasteiger partial charge in [-0.3, -0.25) is 0 Å². The third-order valence-electron chi connectivity index (χ3n) is 0. The van der Waals surface area contributed by atoms with Crippen LogP contribution in [0.3, 0.4) is 0 Å². The van der Waals surface area contributed by atoms with Crippen LogP contribution < -0.4 is 6.15 Å². The summed E-state index contributed by atoms with van der Waals surface area (Å²) < 4.78 is 0. The molecule has 0 aliphatic carbocycles. The summed E-state index contributed by atoms with van der Waals surface area (Å²) in [5.74, 6) is 0. The molecule has 0 aliphatic rings. The molecular weight excluding hydrogens is 172 g/mol. The maximum absolute atomic E-state index is 8.36. The lowest BCUT2D eigenvalue weighted by Gasteiger charge is -1.56. The third kappa shape index (κ3) is 366. The first-order valence-corrected chi connectivity index (χ1v) is 0.565. The summed E-state index contributed by atoms with van der Waals surface area (Å²) in [7, 11) is 0. The van der Waals surface area contributed by atoms with Crippen molar-refractivity contribution < 1.29 is 43.2 Å². The Balaban J connectivity index is -0.00000000214. The summed E-state index contributed by atoms with van der Waals surface area (Å²) in [5, 5.41) is 13.6. The first-order chi connectivity index (χ1) is 1.73. The lowest BCUT2D eigenvalue weighted by molar-refractivity contribution is -0.742. The molecule has 0 saturated carbocycles. The van der Waals surface area contributed by atoms with Crippen molar-refractivity contribution in [1.29, 1.82) is 0 Å². The van der Waals surface area contributed by atoms with Crippen LogP contribution in [0.25, 0.3) is 0 Å². The predicted octanol–water partition coefficient (Wildman–Crippen LogP) is -5.13. The second-order valence-corrected chi connectivity index (χ2v) is 0.238. The van der Waals surface area contributed by atoms with Crippen LogP contribution >= 0.6 is 0 Å². The van der Waals surface area contributed by atoms with E-state index in [1.807, 2.05) is 0 Å². The lowest BCUT2D eigenvalue weighted by Crippen LogP contribution is -1.81. The molecule has 0 aromatic rings. The van der Waals surface area contributed by atoms with Crippen molar-refractivity contribution in [2.75, 3.05) is 0 Å². The zero-order chi connectivity index (χ0) is 3.58. The van der Waals surface area contributed by atoms with Gasteiger partial charge in [-0.1, -0.05) is 0 Å². The first-order valence-electron chi connectivity index (χ1n) is 0.565. The van der Waals surface area contributed by atoms with Crippen LogP contribution in [0, 0.1) is 10.1 Å². The normalized spacial score (nSPS) is 2.18. The van der Waals surface area contributed by atoms with Crippen molar-refractivity contribution in [3.05, 3.63) is 10.1 Å². The average Bonchev–Trinajstić information content (AvgIpc) is 0.811. The largest absolute Gasteiger partial charge is 0.412 e. The van der Waals surface area contributed by atoms with Crippen molar-refractivity contribution in [3.8, 4) is 0 Å². The Hall–Kier alpha value is -1.08. The molecule has 0 aliphatic heterocycles. The van der Waals surface area contributed by atoms with Gasteiger partial charge in [0.2, 0.25) is 0 Å². The van der Waals surface area contributed by atoms with Gasteiger partial charge in [0.25, 0.3) is 5.09 Å². The fraction of sp³-hybridized carbons (Fsp3) is 0. The molecule has 0 unspecified atom stereocenters. The molecule has 11 heavy (non-hydrogen) atoms. The van der Waals surface area contributed by atoms with Crippen LogP contribution in [0.2, 0.25) is 0 Å². The van der Waals surface area contributed by atoms with Crippen molar-refractivity contribution in [1.82, 2.24) is 6.15 Å². The molecule has 0 bridgehead atoms. The van der Waals surface area contributed by atoms with Gasteiger partial charge in [0.05, 0.1) is 0 Å². The minimum absolute atomic E-state index is 0. The number of nitrogens with zero attached hydrogens (tertiary/aromatic N) is 1. The molecule has 0 aromatic carbocycles. The number of rotatable bonds is 0. The summed E-state index contributed by atoms with van der Waals surface area (Å²) in [6.07, 6.45) is 0. The molecule has 0 atom stereocenters. The maximum atomic E-state index is 8.36. The van der Waals surface area contributed by atoms with Gasteiger partial charge in [-0.25, -0.2) is 0 Å². The molecule has 0 spiro atoms. The Kier molecular flexibility index (Phi) is 2950. The molecule has 80 valence electrons. The number of hydrogen-bond donors (Lipinski definition) is 2. The van der Waals surface area contributed by atoms with E-state index in [4.69, 9.17) is 15.3 Å². The summed E-state index contributed by atoms with van der Waals surface area (Å²) >= 11 is 0. The number of hydrogen-bond acceptors (Lipinski definition) is 3. The summed E-state index contributed by atoms with van der Waals surface area (Å²) in [5.41, 5.74) is 0. The molecule has 0 amide bonds. The van der Waals surface area contributed by atoms with E-state index in [0.717, 1.165) is 0 Å². The molecule has 0 rings (SSSR count). The Bertz CT molecular complexity index is 30.5. The minimum atomic E-state index is -1.50. The zero-order valence-corrected chi connectivity index (χ0v) is 5.42. The Morgan fingerprint density at radius 1 is 0.909 bits per heavy atom. The average molecular weight is 188 g/mol. The Labute approximate surface area is 60.8 Å². The Morgan fingerprint density at radius 2 is 0.909 bits per heavy atom. The van der Waals surface area contributed by atoms with E-state index in [-0.39, 0.29) is 39.0 Å². The van der Waals surface area contributed by atoms with Gasteiger partial charge >= 0.3 is 0 Å². The molecule has 11 nitrogen and oxygen atoms in total. The van der Waals surface area contributed by atoms with Crippen molar-refractivity contribution >= 4 is 0 Å². The van der Waals surface area contributed by atoms with Gasteiger partial charge in [0, 0.05) is 0 Å². The van der Waals surface area contributed by atoms with Crippen molar-refractivity contribution in [2.24, 2.45) is 0 Å². The summed E-state index contributed by atoms with van der Waals surface area (Å²) in [6.45, 7) is 0.